The van der Waals surface area contributed by atoms with Gasteiger partial charge in [-0.1, -0.05) is 262 Å². The molecule has 0 heterocycles. The highest BCUT2D eigenvalue weighted by Gasteiger charge is 2.18. The van der Waals surface area contributed by atoms with Gasteiger partial charge in [0.25, 0.3) is 0 Å². The molecular weight excluding hydrogens is 839 g/mol. The normalized spacial score (nSPS) is 12.8. The highest BCUT2D eigenvalue weighted by molar-refractivity contribution is 5.76. The van der Waals surface area contributed by atoms with Crippen molar-refractivity contribution in [2.45, 2.75) is 334 Å². The van der Waals surface area contributed by atoms with Gasteiger partial charge in [0.1, 0.15) is 0 Å². The number of unbranched alkanes of at least 4 members (excludes halogenated alkanes) is 41. The molecule has 0 saturated heterocycles. The Morgan fingerprint density at radius 2 is 0.691 bits per heavy atom. The van der Waals surface area contributed by atoms with E-state index in [1.54, 1.807) is 6.08 Å². The molecule has 0 rings (SSSR count). The van der Waals surface area contributed by atoms with Crippen molar-refractivity contribution < 1.29 is 24.5 Å². The maximum atomic E-state index is 12.5. The minimum absolute atomic E-state index is 0.0144. The number of hydrogen-bond donors (Lipinski definition) is 3. The second-order valence-corrected chi connectivity index (χ2v) is 20.7. The lowest BCUT2D eigenvalue weighted by atomic mass is 10.0. The van der Waals surface area contributed by atoms with Gasteiger partial charge in [0.05, 0.1) is 25.4 Å². The SMILES string of the molecule is CCCCCCCC/C=C\CCCCCCCCCC(=O)OCCCCCC/C=C\CCCCCCCCCC(=O)NC(CO)C(O)/C=C/CCCCCCCCCCCCCCCCCCC. The third-order valence-corrected chi connectivity index (χ3v) is 13.9. The quantitative estimate of drug-likeness (QED) is 0.0321. The summed E-state index contributed by atoms with van der Waals surface area (Å²) in [6, 6.07) is -0.640. The average molecular weight is 957 g/mol. The van der Waals surface area contributed by atoms with Crippen LogP contribution in [0.2, 0.25) is 0 Å². The first-order chi connectivity index (χ1) is 33.5. The Kier molecular flexibility index (Phi) is 56.0. The summed E-state index contributed by atoms with van der Waals surface area (Å²) in [6.07, 6.45) is 71.7. The molecule has 2 atom stereocenters. The van der Waals surface area contributed by atoms with Crippen LogP contribution in [0.3, 0.4) is 0 Å². The highest BCUT2D eigenvalue weighted by atomic mass is 16.5. The predicted molar refractivity (Wildman–Crippen MR) is 296 cm³/mol. The Labute approximate surface area is 424 Å². The summed E-state index contributed by atoms with van der Waals surface area (Å²) in [7, 11) is 0. The van der Waals surface area contributed by atoms with Gasteiger partial charge in [-0.2, -0.15) is 0 Å². The fourth-order valence-corrected chi connectivity index (χ4v) is 9.21. The van der Waals surface area contributed by atoms with Gasteiger partial charge in [-0.15, -0.1) is 0 Å². The zero-order valence-corrected chi connectivity index (χ0v) is 45.6. The van der Waals surface area contributed by atoms with Crippen molar-refractivity contribution in [3.63, 3.8) is 0 Å². The Hall–Kier alpha value is -1.92. The molecule has 0 aliphatic carbocycles. The van der Waals surface area contributed by atoms with Crippen LogP contribution in [0.1, 0.15) is 322 Å². The molecule has 0 aliphatic heterocycles. The zero-order chi connectivity index (χ0) is 49.3. The van der Waals surface area contributed by atoms with E-state index in [0.717, 1.165) is 70.6 Å². The number of amides is 1. The van der Waals surface area contributed by atoms with E-state index in [4.69, 9.17) is 4.74 Å². The molecule has 0 radical (unpaired) electrons. The van der Waals surface area contributed by atoms with Crippen molar-refractivity contribution in [2.75, 3.05) is 13.2 Å². The van der Waals surface area contributed by atoms with Crippen LogP contribution in [0.4, 0.5) is 0 Å². The molecule has 0 aromatic carbocycles. The Morgan fingerprint density at radius 3 is 1.04 bits per heavy atom. The highest BCUT2D eigenvalue weighted by Crippen LogP contribution is 2.16. The summed E-state index contributed by atoms with van der Waals surface area (Å²) in [4.78, 5) is 24.5. The molecule has 0 aliphatic rings. The van der Waals surface area contributed by atoms with Crippen LogP contribution >= 0.6 is 0 Å². The van der Waals surface area contributed by atoms with Crippen LogP contribution in [0.25, 0.3) is 0 Å². The molecule has 0 aromatic heterocycles. The molecule has 68 heavy (non-hydrogen) atoms. The van der Waals surface area contributed by atoms with Crippen LogP contribution in [-0.2, 0) is 14.3 Å². The van der Waals surface area contributed by atoms with Crippen LogP contribution in [0.15, 0.2) is 36.5 Å². The molecule has 0 spiro atoms. The van der Waals surface area contributed by atoms with E-state index in [1.165, 1.54) is 225 Å². The second kappa shape index (κ2) is 57.7. The van der Waals surface area contributed by atoms with E-state index in [0.29, 0.717) is 19.4 Å². The number of aliphatic hydroxyl groups excluding tert-OH is 2. The summed E-state index contributed by atoms with van der Waals surface area (Å²) in [6.45, 7) is 4.88. The zero-order valence-electron chi connectivity index (χ0n) is 45.6. The largest absolute Gasteiger partial charge is 0.466 e. The lowest BCUT2D eigenvalue weighted by molar-refractivity contribution is -0.143. The second-order valence-electron chi connectivity index (χ2n) is 20.7. The van der Waals surface area contributed by atoms with Gasteiger partial charge in [-0.25, -0.2) is 0 Å². The number of aliphatic hydroxyl groups is 2. The number of ether oxygens (including phenoxy) is 1. The summed E-state index contributed by atoms with van der Waals surface area (Å²) < 4.78 is 5.47. The van der Waals surface area contributed by atoms with E-state index in [9.17, 15) is 19.8 Å². The molecule has 2 unspecified atom stereocenters. The summed E-state index contributed by atoms with van der Waals surface area (Å²) in [5.41, 5.74) is 0. The number of rotatable bonds is 56. The minimum atomic E-state index is -0.856. The summed E-state index contributed by atoms with van der Waals surface area (Å²) >= 11 is 0. The minimum Gasteiger partial charge on any atom is -0.466 e. The first kappa shape index (κ1) is 66.1. The molecule has 3 N–H and O–H groups in total. The summed E-state index contributed by atoms with van der Waals surface area (Å²) in [5.74, 6) is -0.0959. The van der Waals surface area contributed by atoms with Crippen molar-refractivity contribution in [3.05, 3.63) is 36.5 Å². The monoisotopic (exact) mass is 956 g/mol. The third-order valence-electron chi connectivity index (χ3n) is 13.9. The molecule has 0 saturated carbocycles. The van der Waals surface area contributed by atoms with Crippen LogP contribution in [0, 0.1) is 0 Å². The van der Waals surface area contributed by atoms with E-state index < -0.39 is 12.1 Å². The molecule has 0 aromatic rings. The average Bonchev–Trinajstić information content (AvgIpc) is 3.34. The Balaban J connectivity index is 3.50. The smallest absolute Gasteiger partial charge is 0.305 e. The number of nitrogens with one attached hydrogen (secondary N) is 1. The number of hydrogen-bond acceptors (Lipinski definition) is 5. The number of allylic oxidation sites excluding steroid dienone is 5. The molecule has 0 bridgehead atoms. The van der Waals surface area contributed by atoms with Crippen LogP contribution in [-0.4, -0.2) is 47.4 Å². The predicted octanol–water partition coefficient (Wildman–Crippen LogP) is 18.8. The first-order valence-electron chi connectivity index (χ1n) is 30.3. The summed E-state index contributed by atoms with van der Waals surface area (Å²) in [5, 5.41) is 23.2. The molecule has 6 nitrogen and oxygen atoms in total. The maximum absolute atomic E-state index is 12.5. The molecule has 400 valence electrons. The molecule has 0 fully saturated rings. The standard InChI is InChI=1S/C62H117NO5/c1-3-5-7-9-11-13-15-17-19-21-22-24-26-30-34-38-42-46-50-54-60(65)59(58-64)63-61(66)55-51-47-43-39-35-31-27-25-29-33-37-41-45-49-53-57-68-62(67)56-52-48-44-40-36-32-28-23-20-18-16-14-12-10-8-6-4-2/h18,20,29,33,50,54,59-60,64-65H,3-17,19,21-28,30-32,34-49,51-53,55-58H2,1-2H3,(H,63,66)/b20-18-,33-29-,54-50+. The van der Waals surface area contributed by atoms with E-state index >= 15 is 0 Å². The topological polar surface area (TPSA) is 95.9 Å². The number of esters is 1. The van der Waals surface area contributed by atoms with Crippen LogP contribution < -0.4 is 5.32 Å². The fourth-order valence-electron chi connectivity index (χ4n) is 9.21. The van der Waals surface area contributed by atoms with Crippen molar-refractivity contribution in [2.24, 2.45) is 0 Å². The van der Waals surface area contributed by atoms with Crippen molar-refractivity contribution in [1.29, 1.82) is 0 Å². The van der Waals surface area contributed by atoms with Gasteiger partial charge in [-0.05, 0) is 83.5 Å². The van der Waals surface area contributed by atoms with E-state index in [2.05, 4.69) is 43.5 Å². The Bertz CT molecular complexity index is 1100. The molecule has 6 heteroatoms. The van der Waals surface area contributed by atoms with Gasteiger partial charge in [0.2, 0.25) is 5.91 Å². The van der Waals surface area contributed by atoms with Gasteiger partial charge < -0.3 is 20.3 Å². The van der Waals surface area contributed by atoms with Gasteiger partial charge in [0, 0.05) is 12.8 Å². The van der Waals surface area contributed by atoms with Gasteiger partial charge in [0.15, 0.2) is 0 Å². The fraction of sp³-hybridized carbons (Fsp3) is 0.871. The molecular formula is C62H117NO5. The Morgan fingerprint density at radius 1 is 0.397 bits per heavy atom. The van der Waals surface area contributed by atoms with Gasteiger partial charge in [-0.3, -0.25) is 9.59 Å². The van der Waals surface area contributed by atoms with Crippen molar-refractivity contribution in [3.8, 4) is 0 Å². The van der Waals surface area contributed by atoms with Crippen molar-refractivity contribution >= 4 is 11.9 Å². The number of carbonyl (C=O) groups is 2. The van der Waals surface area contributed by atoms with Gasteiger partial charge >= 0.3 is 5.97 Å². The van der Waals surface area contributed by atoms with E-state index in [1.807, 2.05) is 6.08 Å². The first-order valence-corrected chi connectivity index (χ1v) is 30.3. The van der Waals surface area contributed by atoms with E-state index in [-0.39, 0.29) is 18.5 Å². The third kappa shape index (κ3) is 53.4. The molecule has 1 amide bonds. The van der Waals surface area contributed by atoms with Crippen LogP contribution in [0.5, 0.6) is 0 Å². The number of carbonyl (C=O) groups excluding carboxylic acids is 2. The lowest BCUT2D eigenvalue weighted by Gasteiger charge is -2.20. The lowest BCUT2D eigenvalue weighted by Crippen LogP contribution is -2.45. The van der Waals surface area contributed by atoms with Crippen molar-refractivity contribution in [1.82, 2.24) is 5.32 Å². The maximum Gasteiger partial charge on any atom is 0.305 e.